The van der Waals surface area contributed by atoms with Crippen LogP contribution in [0.15, 0.2) is 70.4 Å². The summed E-state index contributed by atoms with van der Waals surface area (Å²) >= 11 is 0. The number of aryl methyl sites for hydroxylation is 4. The molecule has 35 heavy (non-hydrogen) atoms. The third-order valence-corrected chi connectivity index (χ3v) is 8.81. The highest BCUT2D eigenvalue weighted by molar-refractivity contribution is 7.89. The van der Waals surface area contributed by atoms with Crippen LogP contribution < -0.4 is 5.56 Å². The molecule has 7 heteroatoms. The Morgan fingerprint density at radius 2 is 1.57 bits per heavy atom. The zero-order chi connectivity index (χ0) is 25.5. The van der Waals surface area contributed by atoms with E-state index in [9.17, 15) is 13.2 Å². The van der Waals surface area contributed by atoms with E-state index >= 15 is 0 Å². The number of benzene rings is 3. The van der Waals surface area contributed by atoms with Crippen LogP contribution in [0, 0.1) is 20.8 Å². The van der Waals surface area contributed by atoms with Crippen molar-refractivity contribution >= 4 is 20.9 Å². The monoisotopic (exact) mass is 489 g/mol. The van der Waals surface area contributed by atoms with Crippen LogP contribution in [0.25, 0.3) is 16.6 Å². The van der Waals surface area contributed by atoms with Crippen molar-refractivity contribution in [3.8, 4) is 5.69 Å². The van der Waals surface area contributed by atoms with Crippen molar-refractivity contribution in [3.63, 3.8) is 0 Å². The molecular formula is C28H31N3O3S. The molecule has 1 aromatic heterocycles. The van der Waals surface area contributed by atoms with Crippen molar-refractivity contribution in [2.45, 2.75) is 52.0 Å². The SMILES string of the molecule is CCc1ccccc1-n1c(C(C)N(C)S(=O)(=O)c2c(C)cc(C)cc2C)nc2ccccc2c1=O. The van der Waals surface area contributed by atoms with E-state index in [4.69, 9.17) is 4.98 Å². The van der Waals surface area contributed by atoms with Gasteiger partial charge in [-0.05, 0) is 69.0 Å². The molecule has 0 fully saturated rings. The molecule has 0 aliphatic rings. The Morgan fingerprint density at radius 1 is 0.971 bits per heavy atom. The van der Waals surface area contributed by atoms with E-state index in [0.717, 1.165) is 17.5 Å². The fraction of sp³-hybridized carbons (Fsp3) is 0.286. The summed E-state index contributed by atoms with van der Waals surface area (Å²) in [6.45, 7) is 9.38. The highest BCUT2D eigenvalue weighted by atomic mass is 32.2. The predicted molar refractivity (Wildman–Crippen MR) is 141 cm³/mol. The molecule has 1 heterocycles. The quantitative estimate of drug-likeness (QED) is 0.371. The Bertz CT molecular complexity index is 1570. The summed E-state index contributed by atoms with van der Waals surface area (Å²) in [5, 5.41) is 0.491. The minimum Gasteiger partial charge on any atom is -0.268 e. The summed E-state index contributed by atoms with van der Waals surface area (Å²) in [5.41, 5.74) is 4.42. The normalized spacial score (nSPS) is 12.9. The molecule has 1 unspecified atom stereocenters. The van der Waals surface area contributed by atoms with Gasteiger partial charge in [0.15, 0.2) is 0 Å². The van der Waals surface area contributed by atoms with Crippen molar-refractivity contribution in [1.82, 2.24) is 13.9 Å². The number of nitrogens with zero attached hydrogens (tertiary/aromatic N) is 3. The molecule has 182 valence electrons. The molecule has 0 aliphatic carbocycles. The molecule has 0 radical (unpaired) electrons. The van der Waals surface area contributed by atoms with Gasteiger partial charge in [0.2, 0.25) is 10.0 Å². The summed E-state index contributed by atoms with van der Waals surface area (Å²) in [6, 6.07) is 17.9. The zero-order valence-corrected chi connectivity index (χ0v) is 21.8. The molecule has 0 amide bonds. The van der Waals surface area contributed by atoms with Crippen molar-refractivity contribution < 1.29 is 8.42 Å². The summed E-state index contributed by atoms with van der Waals surface area (Å²) in [6.07, 6.45) is 0.721. The molecule has 3 aromatic carbocycles. The molecule has 4 rings (SSSR count). The Kier molecular flexibility index (Phi) is 6.66. The number of fused-ring (bicyclic) bond motifs is 1. The lowest BCUT2D eigenvalue weighted by atomic mass is 10.1. The van der Waals surface area contributed by atoms with Gasteiger partial charge in [0.25, 0.3) is 5.56 Å². The smallest absolute Gasteiger partial charge is 0.266 e. The van der Waals surface area contributed by atoms with Gasteiger partial charge in [-0.1, -0.05) is 55.0 Å². The molecule has 0 bridgehead atoms. The maximum absolute atomic E-state index is 13.8. The Balaban J connectivity index is 1.97. The first kappa shape index (κ1) is 24.8. The fourth-order valence-electron chi connectivity index (χ4n) is 4.78. The summed E-state index contributed by atoms with van der Waals surface area (Å²) < 4.78 is 30.6. The lowest BCUT2D eigenvalue weighted by Crippen LogP contribution is -2.35. The van der Waals surface area contributed by atoms with E-state index in [-0.39, 0.29) is 5.56 Å². The number of aromatic nitrogens is 2. The maximum Gasteiger partial charge on any atom is 0.266 e. The topological polar surface area (TPSA) is 72.3 Å². The van der Waals surface area contributed by atoms with Gasteiger partial charge in [-0.15, -0.1) is 0 Å². The molecule has 0 saturated heterocycles. The second kappa shape index (κ2) is 9.40. The average molecular weight is 490 g/mol. The van der Waals surface area contributed by atoms with E-state index in [0.29, 0.717) is 38.4 Å². The van der Waals surface area contributed by atoms with Crippen LogP contribution >= 0.6 is 0 Å². The maximum atomic E-state index is 13.8. The van der Waals surface area contributed by atoms with Crippen molar-refractivity contribution in [2.24, 2.45) is 0 Å². The average Bonchev–Trinajstić information content (AvgIpc) is 2.82. The second-order valence-electron chi connectivity index (χ2n) is 9.04. The number of hydrogen-bond donors (Lipinski definition) is 0. The van der Waals surface area contributed by atoms with Crippen LogP contribution in [0.1, 0.15) is 48.0 Å². The van der Waals surface area contributed by atoms with Gasteiger partial charge in [-0.2, -0.15) is 4.31 Å². The van der Waals surface area contributed by atoms with Crippen LogP contribution in [0.5, 0.6) is 0 Å². The molecule has 0 aliphatic heterocycles. The Hall–Kier alpha value is -3.29. The Morgan fingerprint density at radius 3 is 2.23 bits per heavy atom. The molecule has 0 spiro atoms. The van der Waals surface area contributed by atoms with Gasteiger partial charge in [-0.25, -0.2) is 13.4 Å². The van der Waals surface area contributed by atoms with Crippen LogP contribution in [0.2, 0.25) is 0 Å². The lowest BCUT2D eigenvalue weighted by Gasteiger charge is -2.28. The largest absolute Gasteiger partial charge is 0.268 e. The first-order valence-corrected chi connectivity index (χ1v) is 13.2. The van der Waals surface area contributed by atoms with E-state index in [1.807, 2.05) is 76.2 Å². The second-order valence-corrected chi connectivity index (χ2v) is 11.0. The first-order chi connectivity index (χ1) is 16.6. The van der Waals surface area contributed by atoms with E-state index in [1.165, 1.54) is 4.31 Å². The van der Waals surface area contributed by atoms with E-state index < -0.39 is 16.1 Å². The summed E-state index contributed by atoms with van der Waals surface area (Å²) in [7, 11) is -2.32. The van der Waals surface area contributed by atoms with Crippen LogP contribution in [0.4, 0.5) is 0 Å². The molecule has 1 atom stereocenters. The van der Waals surface area contributed by atoms with E-state index in [2.05, 4.69) is 0 Å². The number of sulfonamides is 1. The number of para-hydroxylation sites is 2. The minimum absolute atomic E-state index is 0.216. The zero-order valence-electron chi connectivity index (χ0n) is 21.0. The van der Waals surface area contributed by atoms with Gasteiger partial charge < -0.3 is 0 Å². The van der Waals surface area contributed by atoms with Crippen molar-refractivity contribution in [1.29, 1.82) is 0 Å². The van der Waals surface area contributed by atoms with Crippen LogP contribution in [0.3, 0.4) is 0 Å². The summed E-state index contributed by atoms with van der Waals surface area (Å²) in [5.74, 6) is 0.378. The highest BCUT2D eigenvalue weighted by Gasteiger charge is 2.32. The fourth-order valence-corrected chi connectivity index (χ4v) is 6.51. The molecule has 0 N–H and O–H groups in total. The van der Waals surface area contributed by atoms with E-state index in [1.54, 1.807) is 30.7 Å². The van der Waals surface area contributed by atoms with Gasteiger partial charge >= 0.3 is 0 Å². The van der Waals surface area contributed by atoms with Crippen molar-refractivity contribution in [2.75, 3.05) is 7.05 Å². The molecular weight excluding hydrogens is 458 g/mol. The highest BCUT2D eigenvalue weighted by Crippen LogP contribution is 2.31. The van der Waals surface area contributed by atoms with Crippen LogP contribution in [-0.4, -0.2) is 29.3 Å². The minimum atomic E-state index is -3.87. The standard InChI is InChI=1S/C28H31N3O3S/c1-7-22-12-8-11-15-25(22)31-27(29-24-14-10-9-13-23(24)28(31)32)21(5)30(6)35(33,34)26-19(3)16-18(2)17-20(26)4/h8-17,21H,7H2,1-6H3. The number of rotatable bonds is 6. The molecule has 6 nitrogen and oxygen atoms in total. The molecule has 0 saturated carbocycles. The third kappa shape index (κ3) is 4.30. The van der Waals surface area contributed by atoms with Gasteiger partial charge in [0.05, 0.1) is 27.5 Å². The van der Waals surface area contributed by atoms with Gasteiger partial charge in [-0.3, -0.25) is 9.36 Å². The third-order valence-electron chi connectivity index (χ3n) is 6.58. The van der Waals surface area contributed by atoms with Gasteiger partial charge in [0.1, 0.15) is 5.82 Å². The van der Waals surface area contributed by atoms with Crippen LogP contribution in [-0.2, 0) is 16.4 Å². The lowest BCUT2D eigenvalue weighted by molar-refractivity contribution is 0.378. The predicted octanol–water partition coefficient (Wildman–Crippen LogP) is 5.26. The molecule has 4 aromatic rings. The number of hydrogen-bond acceptors (Lipinski definition) is 4. The summed E-state index contributed by atoms with van der Waals surface area (Å²) in [4.78, 5) is 18.9. The van der Waals surface area contributed by atoms with Crippen molar-refractivity contribution in [3.05, 3.63) is 99.1 Å². The first-order valence-electron chi connectivity index (χ1n) is 11.7. The van der Waals surface area contributed by atoms with Gasteiger partial charge in [0, 0.05) is 7.05 Å². The Labute approximate surface area is 206 Å².